The first-order valence-corrected chi connectivity index (χ1v) is 16.5. The zero-order chi connectivity index (χ0) is 38.9. The minimum Gasteiger partial charge on any atom is -0.463 e. The molecule has 15 nitrogen and oxygen atoms in total. The molecule has 2 aromatic rings. The zero-order valence-corrected chi connectivity index (χ0v) is 30.7. The molecule has 1 fully saturated rings. The molecule has 6 N–H and O–H groups in total. The molecule has 1 saturated heterocycles. The first-order valence-electron chi connectivity index (χ1n) is 16.5. The van der Waals surface area contributed by atoms with Crippen LogP contribution in [0.4, 0.5) is 16.2 Å². The summed E-state index contributed by atoms with van der Waals surface area (Å²) in [7, 11) is 0. The molecule has 0 spiro atoms. The van der Waals surface area contributed by atoms with Crippen molar-refractivity contribution in [2.45, 2.75) is 118 Å². The molecule has 1 aliphatic heterocycles. The van der Waals surface area contributed by atoms with Crippen molar-refractivity contribution < 1.29 is 58.2 Å². The second kappa shape index (κ2) is 21.8. The summed E-state index contributed by atoms with van der Waals surface area (Å²) >= 11 is 0. The van der Waals surface area contributed by atoms with Gasteiger partial charge in [0.25, 0.3) is 0 Å². The number of aliphatic hydroxyl groups is 3. The Morgan fingerprint density at radius 2 is 1.41 bits per heavy atom. The molecule has 0 aromatic heterocycles. The predicted octanol–water partition coefficient (Wildman–Crippen LogP) is 4.09. The van der Waals surface area contributed by atoms with Crippen LogP contribution in [0.1, 0.15) is 79.9 Å². The van der Waals surface area contributed by atoms with Crippen molar-refractivity contribution in [2.24, 2.45) is 11.8 Å². The molecule has 4 unspecified atom stereocenters. The molecule has 3 amide bonds. The fourth-order valence-corrected chi connectivity index (χ4v) is 3.91. The Bertz CT molecular complexity index is 1410. The second-order valence-electron chi connectivity index (χ2n) is 13.6. The molecule has 0 radical (unpaired) electrons. The highest BCUT2D eigenvalue weighted by Crippen LogP contribution is 2.31. The summed E-state index contributed by atoms with van der Waals surface area (Å²) in [5, 5.41) is 37.3. The average molecular weight is 720 g/mol. The molecule has 0 saturated carbocycles. The van der Waals surface area contributed by atoms with Gasteiger partial charge in [0.2, 0.25) is 18.1 Å². The van der Waals surface area contributed by atoms with E-state index >= 15 is 0 Å². The van der Waals surface area contributed by atoms with E-state index in [9.17, 15) is 29.7 Å². The summed E-state index contributed by atoms with van der Waals surface area (Å²) in [5.74, 6) is -0.157. The van der Waals surface area contributed by atoms with Gasteiger partial charge in [-0.1, -0.05) is 45.9 Å². The first kappa shape index (κ1) is 44.7. The van der Waals surface area contributed by atoms with E-state index < -0.39 is 30.9 Å². The van der Waals surface area contributed by atoms with Gasteiger partial charge in [-0.15, -0.1) is 0 Å². The maximum Gasteiger partial charge on any atom is 0.407 e. The fourth-order valence-electron chi connectivity index (χ4n) is 3.91. The molecule has 0 bridgehead atoms. The molecule has 3 rings (SSSR count). The van der Waals surface area contributed by atoms with Crippen LogP contribution in [0.15, 0.2) is 42.5 Å². The number of carbonyl (C=O) groups is 3. The van der Waals surface area contributed by atoms with Gasteiger partial charge in [-0.25, -0.2) is 4.79 Å². The van der Waals surface area contributed by atoms with Crippen LogP contribution < -0.4 is 20.7 Å². The molecule has 15 heteroatoms. The van der Waals surface area contributed by atoms with Gasteiger partial charge in [-0.3, -0.25) is 9.59 Å². The maximum absolute atomic E-state index is 12.1. The third kappa shape index (κ3) is 17.9. The molecular weight excluding hydrogens is 666 g/mol. The highest BCUT2D eigenvalue weighted by atomic mass is 16.7. The van der Waals surface area contributed by atoms with Crippen LogP contribution in [-0.4, -0.2) is 75.8 Å². The minimum absolute atomic E-state index is 0.0198. The second-order valence-corrected chi connectivity index (χ2v) is 13.6. The Labute approximate surface area is 299 Å². The van der Waals surface area contributed by atoms with Gasteiger partial charge < -0.3 is 50.2 Å². The van der Waals surface area contributed by atoms with Crippen molar-refractivity contribution in [1.29, 1.82) is 0 Å². The largest absolute Gasteiger partial charge is 0.463 e. The summed E-state index contributed by atoms with van der Waals surface area (Å²) in [6, 6.07) is 12.4. The van der Waals surface area contributed by atoms with Crippen LogP contribution >= 0.6 is 0 Å². The smallest absolute Gasteiger partial charge is 0.407 e. The predicted molar refractivity (Wildman–Crippen MR) is 186 cm³/mol. The number of rotatable bonds is 11. The number of benzene rings is 2. The molecule has 4 atom stereocenters. The molecular formula is C36H53N3O12. The third-order valence-electron chi connectivity index (χ3n) is 6.67. The Morgan fingerprint density at radius 3 is 1.92 bits per heavy atom. The van der Waals surface area contributed by atoms with Crippen LogP contribution in [0.5, 0.6) is 5.75 Å². The summed E-state index contributed by atoms with van der Waals surface area (Å²) in [4.78, 5) is 51.5. The van der Waals surface area contributed by atoms with E-state index in [2.05, 4.69) is 16.0 Å². The number of nitrogens with one attached hydrogen (secondary N) is 3. The number of hydrogen-bond donors (Lipinski definition) is 6. The van der Waals surface area contributed by atoms with Crippen LogP contribution in [-0.2, 0) is 46.6 Å². The summed E-state index contributed by atoms with van der Waals surface area (Å²) < 4.78 is 21.6. The average Bonchev–Trinajstić information content (AvgIpc) is 3.03. The van der Waals surface area contributed by atoms with Crippen molar-refractivity contribution in [3.8, 4) is 5.75 Å². The van der Waals surface area contributed by atoms with Crippen LogP contribution in [0.25, 0.3) is 0 Å². The van der Waals surface area contributed by atoms with E-state index in [1.54, 1.807) is 44.2 Å². The van der Waals surface area contributed by atoms with Crippen LogP contribution in [0, 0.1) is 11.8 Å². The Balaban J connectivity index is 0.000000487. The Hall–Kier alpha value is -4.37. The van der Waals surface area contributed by atoms with Crippen molar-refractivity contribution in [3.63, 3.8) is 0 Å². The number of alkyl carbamates (subject to hydrolysis) is 1. The molecule has 1 heterocycles. The van der Waals surface area contributed by atoms with Gasteiger partial charge in [0, 0.05) is 29.5 Å². The Kier molecular flexibility index (Phi) is 19.1. The molecule has 2 aromatic carbocycles. The molecule has 51 heavy (non-hydrogen) atoms. The van der Waals surface area contributed by atoms with E-state index in [1.807, 2.05) is 60.6 Å². The number of aliphatic hydroxyl groups excluding tert-OH is 3. The minimum atomic E-state index is -1.55. The quantitative estimate of drug-likeness (QED) is 0.193. The van der Waals surface area contributed by atoms with E-state index in [0.29, 0.717) is 18.0 Å². The van der Waals surface area contributed by atoms with Gasteiger partial charge in [0.15, 0.2) is 6.29 Å². The maximum atomic E-state index is 12.1. The third-order valence-corrected chi connectivity index (χ3v) is 6.67. The lowest BCUT2D eigenvalue weighted by atomic mass is 10.1. The van der Waals surface area contributed by atoms with E-state index in [1.165, 1.54) is 0 Å². The monoisotopic (exact) mass is 719 g/mol. The number of hydrogen-bond acceptors (Lipinski definition) is 12. The number of anilines is 2. The van der Waals surface area contributed by atoms with Crippen molar-refractivity contribution >= 4 is 35.4 Å². The number of ether oxygens (including phenoxy) is 4. The highest BCUT2D eigenvalue weighted by molar-refractivity contribution is 5.93. The lowest BCUT2D eigenvalue weighted by Gasteiger charge is -2.34. The van der Waals surface area contributed by atoms with E-state index in [-0.39, 0.29) is 54.5 Å². The van der Waals surface area contributed by atoms with Gasteiger partial charge in [-0.2, -0.15) is 9.59 Å². The first-order chi connectivity index (χ1) is 23.8. The lowest BCUT2D eigenvalue weighted by molar-refractivity contribution is -0.285. The van der Waals surface area contributed by atoms with Crippen LogP contribution in [0.2, 0.25) is 0 Å². The zero-order valence-electron chi connectivity index (χ0n) is 30.7. The van der Waals surface area contributed by atoms with Crippen molar-refractivity contribution in [1.82, 2.24) is 5.32 Å². The molecule has 284 valence electrons. The highest BCUT2D eigenvalue weighted by Gasteiger charge is 2.37. The molecule has 0 aliphatic carbocycles. The standard InChI is InChI=1S/C19H29NO7.C16H24N2O3.CO2/c1-10(2)18(23)20-13-7-12(9-25-11(3)4)5-6-15(13)26-16-8-14(21)17(22)19(24)27-16;1-11(2)14(19)17-13-8-6-12(7-9-13)10-21-15(20)18-16(3,4)5;2-1-3/h5-7,10-11,14,16-17,19,21-22,24H,8-9H2,1-4H3,(H,20,23);6-9,11H,10H2,1-5H3,(H,17,19)(H,18,20);. The van der Waals surface area contributed by atoms with Crippen molar-refractivity contribution in [2.75, 3.05) is 10.6 Å². The van der Waals surface area contributed by atoms with Crippen LogP contribution in [0.3, 0.4) is 0 Å². The summed E-state index contributed by atoms with van der Waals surface area (Å²) in [6.07, 6.45) is -5.23. The summed E-state index contributed by atoms with van der Waals surface area (Å²) in [5.41, 5.74) is 2.58. The van der Waals surface area contributed by atoms with E-state index in [4.69, 9.17) is 28.5 Å². The van der Waals surface area contributed by atoms with Gasteiger partial charge in [0.1, 0.15) is 18.5 Å². The van der Waals surface area contributed by atoms with Gasteiger partial charge in [-0.05, 0) is 70.0 Å². The lowest BCUT2D eigenvalue weighted by Crippen LogP contribution is -2.49. The normalized spacial score (nSPS) is 18.3. The fraction of sp³-hybridized carbons (Fsp3) is 0.556. The number of carbonyl (C=O) groups excluding carboxylic acids is 5. The molecule has 1 aliphatic rings. The summed E-state index contributed by atoms with van der Waals surface area (Å²) in [6.45, 7) is 17.3. The van der Waals surface area contributed by atoms with Gasteiger partial charge >= 0.3 is 12.2 Å². The Morgan fingerprint density at radius 1 is 0.863 bits per heavy atom. The van der Waals surface area contributed by atoms with Gasteiger partial charge in [0.05, 0.1) is 24.5 Å². The number of amides is 3. The van der Waals surface area contributed by atoms with E-state index in [0.717, 1.165) is 16.8 Å². The topological polar surface area (TPSA) is 219 Å². The van der Waals surface area contributed by atoms with Crippen molar-refractivity contribution in [3.05, 3.63) is 53.6 Å². The SMILES string of the molecule is CC(C)C(=O)Nc1ccc(COC(=O)NC(C)(C)C)cc1.CC(C)OCc1ccc(OC2CC(O)C(O)C(O)O2)c(NC(=O)C(C)C)c1.O=C=O.